The number of halogens is 1. The van der Waals surface area contributed by atoms with E-state index in [9.17, 15) is 4.39 Å². The summed E-state index contributed by atoms with van der Waals surface area (Å²) < 4.78 is 13.3. The highest BCUT2D eigenvalue weighted by atomic mass is 19.1. The van der Waals surface area contributed by atoms with Crippen LogP contribution < -0.4 is 0 Å². The molecule has 1 unspecified atom stereocenters. The third-order valence-electron chi connectivity index (χ3n) is 2.27. The minimum atomic E-state index is -0.174. The number of aromatic nitrogens is 1. The van der Waals surface area contributed by atoms with E-state index < -0.39 is 0 Å². The molecule has 72 valence electrons. The predicted molar refractivity (Wildman–Crippen MR) is 52.3 cm³/mol. The van der Waals surface area contributed by atoms with Crippen LogP contribution in [0.1, 0.15) is 43.9 Å². The molecule has 0 radical (unpaired) electrons. The van der Waals surface area contributed by atoms with Crippen molar-refractivity contribution in [2.45, 2.75) is 39.5 Å². The van der Waals surface area contributed by atoms with E-state index >= 15 is 0 Å². The quantitative estimate of drug-likeness (QED) is 0.696. The molecule has 0 saturated heterocycles. The predicted octanol–water partition coefficient (Wildman–Crippen LogP) is 3.43. The summed E-state index contributed by atoms with van der Waals surface area (Å²) in [4.78, 5) is 3.91. The van der Waals surface area contributed by atoms with Crippen molar-refractivity contribution in [2.75, 3.05) is 0 Å². The lowest BCUT2D eigenvalue weighted by Gasteiger charge is -2.11. The van der Waals surface area contributed by atoms with Gasteiger partial charge in [0, 0.05) is 5.69 Å². The summed E-state index contributed by atoms with van der Waals surface area (Å²) in [5, 5.41) is 0. The van der Waals surface area contributed by atoms with Gasteiger partial charge in [0.25, 0.3) is 0 Å². The highest BCUT2D eigenvalue weighted by Gasteiger charge is 2.10. The standard InChI is InChI=1S/C11H16FN/c1-4-5-8(2)10-6-9(3)13-7-11(10)12/h6-8H,4-5H2,1-3H3. The zero-order valence-electron chi connectivity index (χ0n) is 8.47. The van der Waals surface area contributed by atoms with Gasteiger partial charge in [-0.2, -0.15) is 0 Å². The average molecular weight is 181 g/mol. The summed E-state index contributed by atoms with van der Waals surface area (Å²) in [5.74, 6) is 0.123. The van der Waals surface area contributed by atoms with Gasteiger partial charge in [-0.1, -0.05) is 20.3 Å². The molecule has 1 rings (SSSR count). The van der Waals surface area contributed by atoms with E-state index in [0.29, 0.717) is 5.92 Å². The van der Waals surface area contributed by atoms with Gasteiger partial charge in [-0.15, -0.1) is 0 Å². The van der Waals surface area contributed by atoms with E-state index in [1.807, 2.05) is 13.0 Å². The summed E-state index contributed by atoms with van der Waals surface area (Å²) >= 11 is 0. The molecular weight excluding hydrogens is 165 g/mol. The van der Waals surface area contributed by atoms with Gasteiger partial charge < -0.3 is 0 Å². The lowest BCUT2D eigenvalue weighted by Crippen LogP contribution is -1.99. The van der Waals surface area contributed by atoms with Crippen molar-refractivity contribution in [2.24, 2.45) is 0 Å². The Morgan fingerprint density at radius 2 is 2.23 bits per heavy atom. The van der Waals surface area contributed by atoms with E-state index in [0.717, 1.165) is 24.1 Å². The number of nitrogens with zero attached hydrogens (tertiary/aromatic N) is 1. The summed E-state index contributed by atoms with van der Waals surface area (Å²) in [5.41, 5.74) is 1.69. The second-order valence-electron chi connectivity index (χ2n) is 3.54. The Hall–Kier alpha value is -0.920. The van der Waals surface area contributed by atoms with Crippen molar-refractivity contribution >= 4 is 0 Å². The van der Waals surface area contributed by atoms with Crippen molar-refractivity contribution in [3.63, 3.8) is 0 Å². The van der Waals surface area contributed by atoms with Crippen LogP contribution in [0.15, 0.2) is 12.3 Å². The molecule has 0 aliphatic heterocycles. The summed E-state index contributed by atoms with van der Waals surface area (Å²) in [6.07, 6.45) is 3.43. The van der Waals surface area contributed by atoms with E-state index in [-0.39, 0.29) is 5.82 Å². The van der Waals surface area contributed by atoms with E-state index in [2.05, 4.69) is 18.8 Å². The largest absolute Gasteiger partial charge is 0.259 e. The Morgan fingerprint density at radius 3 is 2.85 bits per heavy atom. The van der Waals surface area contributed by atoms with E-state index in [4.69, 9.17) is 0 Å². The molecule has 1 heterocycles. The molecule has 1 aromatic heterocycles. The maximum atomic E-state index is 13.3. The summed E-state index contributed by atoms with van der Waals surface area (Å²) in [7, 11) is 0. The molecule has 0 N–H and O–H groups in total. The maximum Gasteiger partial charge on any atom is 0.144 e. The zero-order chi connectivity index (χ0) is 9.84. The summed E-state index contributed by atoms with van der Waals surface area (Å²) in [6, 6.07) is 1.84. The monoisotopic (exact) mass is 181 g/mol. The van der Waals surface area contributed by atoms with Gasteiger partial charge in [0.05, 0.1) is 6.20 Å². The molecule has 0 amide bonds. The highest BCUT2D eigenvalue weighted by Crippen LogP contribution is 2.23. The minimum absolute atomic E-state index is 0.174. The first-order valence-electron chi connectivity index (χ1n) is 4.77. The molecule has 1 atom stereocenters. The fourth-order valence-corrected chi connectivity index (χ4v) is 1.53. The van der Waals surface area contributed by atoms with Gasteiger partial charge in [-0.05, 0) is 30.9 Å². The normalized spacial score (nSPS) is 12.9. The lowest BCUT2D eigenvalue weighted by molar-refractivity contribution is 0.564. The number of rotatable bonds is 3. The molecule has 1 nitrogen and oxygen atoms in total. The summed E-state index contributed by atoms with van der Waals surface area (Å²) in [6.45, 7) is 6.06. The number of hydrogen-bond acceptors (Lipinski definition) is 1. The van der Waals surface area contributed by atoms with Crippen LogP contribution in [0.2, 0.25) is 0 Å². The van der Waals surface area contributed by atoms with Crippen molar-refractivity contribution in [3.8, 4) is 0 Å². The fraction of sp³-hybridized carbons (Fsp3) is 0.545. The van der Waals surface area contributed by atoms with E-state index in [1.165, 1.54) is 6.20 Å². The van der Waals surface area contributed by atoms with Gasteiger partial charge in [0.1, 0.15) is 5.82 Å². The van der Waals surface area contributed by atoms with Gasteiger partial charge in [0.15, 0.2) is 0 Å². The molecule has 0 saturated carbocycles. The second-order valence-corrected chi connectivity index (χ2v) is 3.54. The molecule has 0 spiro atoms. The topological polar surface area (TPSA) is 12.9 Å². The molecule has 2 heteroatoms. The second kappa shape index (κ2) is 4.35. The van der Waals surface area contributed by atoms with Crippen LogP contribution in [0.5, 0.6) is 0 Å². The molecule has 0 aromatic carbocycles. The highest BCUT2D eigenvalue weighted by molar-refractivity contribution is 5.21. The SMILES string of the molecule is CCCC(C)c1cc(C)ncc1F. The fourth-order valence-electron chi connectivity index (χ4n) is 1.53. The number of hydrogen-bond donors (Lipinski definition) is 0. The van der Waals surface area contributed by atoms with Crippen LogP contribution in [0.3, 0.4) is 0 Å². The van der Waals surface area contributed by atoms with E-state index in [1.54, 1.807) is 0 Å². The molecular formula is C11H16FN. The smallest absolute Gasteiger partial charge is 0.144 e. The van der Waals surface area contributed by atoms with Crippen molar-refractivity contribution < 1.29 is 4.39 Å². The average Bonchev–Trinajstić information content (AvgIpc) is 2.09. The van der Waals surface area contributed by atoms with Crippen LogP contribution in [-0.4, -0.2) is 4.98 Å². The van der Waals surface area contributed by atoms with Gasteiger partial charge in [-0.25, -0.2) is 4.39 Å². The zero-order valence-corrected chi connectivity index (χ0v) is 8.47. The molecule has 0 fully saturated rings. The maximum absolute atomic E-state index is 13.3. The van der Waals surface area contributed by atoms with Crippen LogP contribution >= 0.6 is 0 Å². The van der Waals surface area contributed by atoms with Crippen molar-refractivity contribution in [1.82, 2.24) is 4.98 Å². The van der Waals surface area contributed by atoms with Crippen molar-refractivity contribution in [3.05, 3.63) is 29.3 Å². The molecule has 0 bridgehead atoms. The third kappa shape index (κ3) is 2.51. The van der Waals surface area contributed by atoms with Crippen LogP contribution in [-0.2, 0) is 0 Å². The van der Waals surface area contributed by atoms with Gasteiger partial charge in [-0.3, -0.25) is 4.98 Å². The Bertz CT molecular complexity index is 283. The van der Waals surface area contributed by atoms with Crippen LogP contribution in [0.25, 0.3) is 0 Å². The van der Waals surface area contributed by atoms with Crippen LogP contribution in [0, 0.1) is 12.7 Å². The van der Waals surface area contributed by atoms with Crippen LogP contribution in [0.4, 0.5) is 4.39 Å². The number of aryl methyl sites for hydroxylation is 1. The first kappa shape index (κ1) is 10.2. The Balaban J connectivity index is 2.91. The molecule has 1 aromatic rings. The minimum Gasteiger partial charge on any atom is -0.259 e. The van der Waals surface area contributed by atoms with Gasteiger partial charge >= 0.3 is 0 Å². The molecule has 13 heavy (non-hydrogen) atoms. The Labute approximate surface area is 79.0 Å². The molecule has 0 aliphatic rings. The Morgan fingerprint density at radius 1 is 1.54 bits per heavy atom. The van der Waals surface area contributed by atoms with Gasteiger partial charge in [0.2, 0.25) is 0 Å². The molecule has 0 aliphatic carbocycles. The number of pyridine rings is 1. The first-order valence-corrected chi connectivity index (χ1v) is 4.77. The third-order valence-corrected chi connectivity index (χ3v) is 2.27. The first-order chi connectivity index (χ1) is 6.15. The Kier molecular flexibility index (Phi) is 3.40. The lowest BCUT2D eigenvalue weighted by atomic mass is 9.96. The van der Waals surface area contributed by atoms with Crippen molar-refractivity contribution in [1.29, 1.82) is 0 Å².